The third-order valence-electron chi connectivity index (χ3n) is 2.36. The summed E-state index contributed by atoms with van der Waals surface area (Å²) >= 11 is 9.13. The molecule has 6 nitrogen and oxygen atoms in total. The first-order valence-corrected chi connectivity index (χ1v) is 22.6. The molecule has 0 unspecified atom stereocenters. The summed E-state index contributed by atoms with van der Waals surface area (Å²) in [5.41, 5.74) is 0. The molecule has 0 spiro atoms. The van der Waals surface area contributed by atoms with Crippen LogP contribution in [0.5, 0.6) is 0 Å². The van der Waals surface area contributed by atoms with E-state index >= 15 is 0 Å². The van der Waals surface area contributed by atoms with Gasteiger partial charge in [-0.15, -0.1) is 0 Å². The summed E-state index contributed by atoms with van der Waals surface area (Å²) in [7, 11) is 3.26. The molecule has 0 aliphatic carbocycles. The van der Waals surface area contributed by atoms with Crippen molar-refractivity contribution in [3.05, 3.63) is 0 Å². The average molecular weight is 561 g/mol. The van der Waals surface area contributed by atoms with E-state index < -0.39 is 21.5 Å². The minimum atomic E-state index is -1.47. The van der Waals surface area contributed by atoms with Crippen molar-refractivity contribution in [3.8, 4) is 0 Å². The third kappa shape index (κ3) is 10.6. The molecule has 120 valence electrons. The molecule has 0 aliphatic rings. The Balaban J connectivity index is 4.14. The van der Waals surface area contributed by atoms with Crippen molar-refractivity contribution in [1.82, 2.24) is 9.80 Å². The number of aliphatic hydroxyl groups is 4. The predicted octanol–water partition coefficient (Wildman–Crippen LogP) is -0.492. The molecular weight excluding hydrogens is 541 g/mol. The van der Waals surface area contributed by atoms with Crippen LogP contribution in [0.2, 0.25) is 0 Å². The van der Waals surface area contributed by atoms with Gasteiger partial charge in [0.2, 0.25) is 0 Å². The zero-order valence-electron chi connectivity index (χ0n) is 11.7. The minimum absolute atomic E-state index is 0.00389. The molecule has 0 saturated heterocycles. The van der Waals surface area contributed by atoms with Gasteiger partial charge >= 0.3 is 154 Å². The standard InChI is InChI=1S/2C5H11NO2S2.Hg/c2*7-3-1-6(2-4-8)5(9)10;/h2*7-8H,1-4H2,(H,9,10);/q;;+2/p-2. The van der Waals surface area contributed by atoms with Gasteiger partial charge < -0.3 is 0 Å². The number of thiocarbonyl (C=S) groups is 2. The number of hydrogen-bond donors (Lipinski definition) is 4. The van der Waals surface area contributed by atoms with E-state index in [2.05, 4.69) is 0 Å². The first-order valence-electron chi connectivity index (χ1n) is 6.37. The Morgan fingerprint density at radius 1 is 0.714 bits per heavy atom. The van der Waals surface area contributed by atoms with Crippen molar-refractivity contribution >= 4 is 49.6 Å². The molecule has 0 saturated carbocycles. The van der Waals surface area contributed by atoms with E-state index in [0.717, 1.165) is 0 Å². The average Bonchev–Trinajstić information content (AvgIpc) is 2.46. The molecule has 11 heteroatoms. The maximum atomic E-state index is 8.96. The molecule has 21 heavy (non-hydrogen) atoms. The quantitative estimate of drug-likeness (QED) is 0.207. The maximum absolute atomic E-state index is 8.96. The molecule has 0 fully saturated rings. The first-order chi connectivity index (χ1) is 10.1. The molecule has 0 aliphatic heterocycles. The molecule has 0 aromatic rings. The van der Waals surface area contributed by atoms with Crippen LogP contribution in [0.4, 0.5) is 0 Å². The van der Waals surface area contributed by atoms with Gasteiger partial charge in [-0.1, -0.05) is 0 Å². The van der Waals surface area contributed by atoms with Crippen LogP contribution in [0, 0.1) is 0 Å². The van der Waals surface area contributed by atoms with Gasteiger partial charge in [0.25, 0.3) is 0 Å². The summed E-state index contributed by atoms with van der Waals surface area (Å²) in [4.78, 5) is 3.59. The Morgan fingerprint density at radius 3 is 1.24 bits per heavy atom. The monoisotopic (exact) mass is 562 g/mol. The fourth-order valence-electron chi connectivity index (χ4n) is 1.38. The van der Waals surface area contributed by atoms with Gasteiger partial charge in [-0.05, 0) is 0 Å². The van der Waals surface area contributed by atoms with Crippen LogP contribution in [-0.4, -0.2) is 91.5 Å². The fraction of sp³-hybridized carbons (Fsp3) is 0.800. The fourth-order valence-corrected chi connectivity index (χ4v) is 24.5. The van der Waals surface area contributed by atoms with Crippen LogP contribution in [-0.2, 0) is 21.5 Å². The van der Waals surface area contributed by atoms with E-state index in [1.54, 1.807) is 26.3 Å². The van der Waals surface area contributed by atoms with Crippen LogP contribution in [0.1, 0.15) is 0 Å². The zero-order chi connectivity index (χ0) is 16.1. The Morgan fingerprint density at radius 2 is 1.00 bits per heavy atom. The molecule has 0 heterocycles. The third-order valence-corrected chi connectivity index (χ3v) is 25.0. The molecule has 0 atom stereocenters. The zero-order valence-corrected chi connectivity index (χ0v) is 20.4. The van der Waals surface area contributed by atoms with Gasteiger partial charge in [-0.25, -0.2) is 0 Å². The topological polar surface area (TPSA) is 87.4 Å². The Kier molecular flexibility index (Phi) is 15.7. The van der Waals surface area contributed by atoms with Crippen LogP contribution in [0.3, 0.4) is 0 Å². The summed E-state index contributed by atoms with van der Waals surface area (Å²) in [6.07, 6.45) is 0. The van der Waals surface area contributed by atoms with Crippen molar-refractivity contribution < 1.29 is 42.0 Å². The number of aliphatic hydroxyl groups excluding tert-OH is 4. The molecule has 0 amide bonds. The second-order valence-electron chi connectivity index (χ2n) is 3.81. The summed E-state index contributed by atoms with van der Waals surface area (Å²) in [5, 5.41) is 35.9. The molecular formula is C10H20HgN2O4S4. The van der Waals surface area contributed by atoms with Gasteiger partial charge in [0, 0.05) is 0 Å². The van der Waals surface area contributed by atoms with Gasteiger partial charge in [0.05, 0.1) is 0 Å². The van der Waals surface area contributed by atoms with E-state index in [-0.39, 0.29) is 26.4 Å². The van der Waals surface area contributed by atoms with E-state index in [1.165, 1.54) is 0 Å². The summed E-state index contributed by atoms with van der Waals surface area (Å²) in [6, 6.07) is 0. The van der Waals surface area contributed by atoms with Crippen LogP contribution in [0.15, 0.2) is 0 Å². The van der Waals surface area contributed by atoms with Crippen molar-refractivity contribution in [3.63, 3.8) is 0 Å². The van der Waals surface area contributed by atoms with Gasteiger partial charge in [-0.3, -0.25) is 0 Å². The van der Waals surface area contributed by atoms with Crippen LogP contribution < -0.4 is 0 Å². The van der Waals surface area contributed by atoms with Crippen molar-refractivity contribution in [2.75, 3.05) is 52.6 Å². The predicted molar refractivity (Wildman–Crippen MR) is 91.9 cm³/mol. The van der Waals surface area contributed by atoms with Crippen LogP contribution in [0.25, 0.3) is 0 Å². The summed E-state index contributed by atoms with van der Waals surface area (Å²) < 4.78 is 1.40. The molecule has 0 bridgehead atoms. The molecule has 0 aromatic heterocycles. The Labute approximate surface area is 152 Å². The van der Waals surface area contributed by atoms with Gasteiger partial charge in [-0.2, -0.15) is 0 Å². The Bertz CT molecular complexity index is 275. The second kappa shape index (κ2) is 14.8. The van der Waals surface area contributed by atoms with Crippen LogP contribution >= 0.6 is 40.9 Å². The van der Waals surface area contributed by atoms with E-state index in [9.17, 15) is 0 Å². The van der Waals surface area contributed by atoms with E-state index in [0.29, 0.717) is 34.8 Å². The number of hydrogen-bond acceptors (Lipinski definition) is 8. The van der Waals surface area contributed by atoms with Gasteiger partial charge in [0.15, 0.2) is 0 Å². The summed E-state index contributed by atoms with van der Waals surface area (Å²) in [5.74, 6) is 0. The van der Waals surface area contributed by atoms with E-state index in [1.807, 2.05) is 0 Å². The molecule has 0 aromatic carbocycles. The second-order valence-corrected chi connectivity index (χ2v) is 22.4. The van der Waals surface area contributed by atoms with Crippen molar-refractivity contribution in [2.24, 2.45) is 0 Å². The molecule has 4 N–H and O–H groups in total. The van der Waals surface area contributed by atoms with Crippen molar-refractivity contribution in [1.29, 1.82) is 0 Å². The normalized spacial score (nSPS) is 10.1. The first kappa shape index (κ1) is 22.3. The SMILES string of the molecule is OCCN(CCO)C(=S)[S][Hg][S]C(=S)N(CCO)CCO. The van der Waals surface area contributed by atoms with E-state index in [4.69, 9.17) is 44.9 Å². The number of nitrogens with zero attached hydrogens (tertiary/aromatic N) is 2. The number of rotatable bonds is 10. The molecule has 0 radical (unpaired) electrons. The molecule has 0 rings (SSSR count). The Hall–Kier alpha value is 1.26. The van der Waals surface area contributed by atoms with Crippen molar-refractivity contribution in [2.45, 2.75) is 0 Å². The van der Waals surface area contributed by atoms with Gasteiger partial charge in [0.1, 0.15) is 0 Å². The summed E-state index contributed by atoms with van der Waals surface area (Å²) in [6.45, 7) is 1.72.